The van der Waals surface area contributed by atoms with Crippen molar-refractivity contribution < 1.29 is 9.72 Å². The molecule has 0 saturated carbocycles. The quantitative estimate of drug-likeness (QED) is 0.568. The number of nitrogens with one attached hydrogen (secondary N) is 1. The van der Waals surface area contributed by atoms with Crippen LogP contribution in [0.5, 0.6) is 0 Å². The molecule has 2 aromatic rings. The maximum Gasteiger partial charge on any atom is 0.293 e. The standard InChI is InChI=1S/C18H20BrN3O3/c1-12(2)21(3)18(23)14-6-4-13(5-7-14)11-20-16-9-8-15(19)10-17(16)22(24)25/h4-10,12,20H,11H2,1-3H3. The fourth-order valence-corrected chi connectivity index (χ4v) is 2.55. The Kier molecular flexibility index (Phi) is 6.14. The third-order valence-electron chi connectivity index (χ3n) is 3.94. The van der Waals surface area contributed by atoms with E-state index < -0.39 is 4.92 Å². The molecule has 0 spiro atoms. The number of benzene rings is 2. The molecule has 0 unspecified atom stereocenters. The minimum atomic E-state index is -0.420. The molecule has 25 heavy (non-hydrogen) atoms. The van der Waals surface area contributed by atoms with Crippen molar-refractivity contribution in [1.29, 1.82) is 0 Å². The van der Waals surface area contributed by atoms with Crippen LogP contribution in [0.25, 0.3) is 0 Å². The molecule has 0 saturated heterocycles. The van der Waals surface area contributed by atoms with Crippen molar-refractivity contribution in [2.75, 3.05) is 12.4 Å². The Morgan fingerprint density at radius 3 is 2.44 bits per heavy atom. The molecule has 0 aliphatic rings. The summed E-state index contributed by atoms with van der Waals surface area (Å²) in [5.74, 6) is -0.0296. The van der Waals surface area contributed by atoms with E-state index in [1.54, 1.807) is 36.2 Å². The topological polar surface area (TPSA) is 75.5 Å². The van der Waals surface area contributed by atoms with Crippen molar-refractivity contribution >= 4 is 33.2 Å². The molecule has 1 amide bonds. The third kappa shape index (κ3) is 4.79. The zero-order valence-corrected chi connectivity index (χ0v) is 15.9. The van der Waals surface area contributed by atoms with E-state index in [1.807, 2.05) is 26.0 Å². The van der Waals surface area contributed by atoms with E-state index in [-0.39, 0.29) is 17.6 Å². The summed E-state index contributed by atoms with van der Waals surface area (Å²) < 4.78 is 0.655. The van der Waals surface area contributed by atoms with E-state index in [4.69, 9.17) is 0 Å². The van der Waals surface area contributed by atoms with Crippen LogP contribution in [-0.2, 0) is 6.54 Å². The summed E-state index contributed by atoms with van der Waals surface area (Å²) in [6.45, 7) is 4.35. The Bertz CT molecular complexity index is 776. The van der Waals surface area contributed by atoms with Gasteiger partial charge in [0.1, 0.15) is 5.69 Å². The highest BCUT2D eigenvalue weighted by molar-refractivity contribution is 9.10. The largest absolute Gasteiger partial charge is 0.375 e. The van der Waals surface area contributed by atoms with Gasteiger partial charge in [0.05, 0.1) is 4.92 Å². The third-order valence-corrected chi connectivity index (χ3v) is 4.43. The van der Waals surface area contributed by atoms with Crippen LogP contribution in [0.15, 0.2) is 46.9 Å². The number of nitrogens with zero attached hydrogens (tertiary/aromatic N) is 2. The van der Waals surface area contributed by atoms with Gasteiger partial charge in [0.25, 0.3) is 11.6 Å². The molecule has 0 bridgehead atoms. The number of carbonyl (C=O) groups excluding carboxylic acids is 1. The number of anilines is 1. The Labute approximate surface area is 155 Å². The summed E-state index contributed by atoms with van der Waals surface area (Å²) in [6, 6.07) is 12.2. The van der Waals surface area contributed by atoms with Crippen molar-refractivity contribution in [2.45, 2.75) is 26.4 Å². The number of halogens is 1. The van der Waals surface area contributed by atoms with Gasteiger partial charge in [-0.2, -0.15) is 0 Å². The van der Waals surface area contributed by atoms with Crippen molar-refractivity contribution in [3.8, 4) is 0 Å². The predicted molar refractivity (Wildman–Crippen MR) is 102 cm³/mol. The monoisotopic (exact) mass is 405 g/mol. The van der Waals surface area contributed by atoms with Crippen LogP contribution in [0.1, 0.15) is 29.8 Å². The number of hydrogen-bond donors (Lipinski definition) is 1. The van der Waals surface area contributed by atoms with Crippen LogP contribution in [0.4, 0.5) is 11.4 Å². The van der Waals surface area contributed by atoms with Crippen molar-refractivity contribution in [3.05, 3.63) is 68.2 Å². The highest BCUT2D eigenvalue weighted by Gasteiger charge is 2.15. The van der Waals surface area contributed by atoms with Crippen LogP contribution < -0.4 is 5.32 Å². The maximum atomic E-state index is 12.3. The lowest BCUT2D eigenvalue weighted by Crippen LogP contribution is -2.32. The van der Waals surface area contributed by atoms with Gasteiger partial charge in [0, 0.05) is 35.7 Å². The van der Waals surface area contributed by atoms with Gasteiger partial charge in [-0.15, -0.1) is 0 Å². The van der Waals surface area contributed by atoms with Gasteiger partial charge in [-0.3, -0.25) is 14.9 Å². The van der Waals surface area contributed by atoms with E-state index in [0.717, 1.165) is 5.56 Å². The van der Waals surface area contributed by atoms with E-state index in [9.17, 15) is 14.9 Å². The molecular formula is C18H20BrN3O3. The molecule has 0 atom stereocenters. The Morgan fingerprint density at radius 2 is 1.88 bits per heavy atom. The Morgan fingerprint density at radius 1 is 1.24 bits per heavy atom. The lowest BCUT2D eigenvalue weighted by Gasteiger charge is -2.21. The summed E-state index contributed by atoms with van der Waals surface area (Å²) in [7, 11) is 1.77. The average Bonchev–Trinajstić information content (AvgIpc) is 2.59. The lowest BCUT2D eigenvalue weighted by atomic mass is 10.1. The molecular weight excluding hydrogens is 386 g/mol. The number of carbonyl (C=O) groups is 1. The molecule has 0 aliphatic heterocycles. The molecule has 2 rings (SSSR count). The van der Waals surface area contributed by atoms with Gasteiger partial charge in [-0.1, -0.05) is 28.1 Å². The summed E-state index contributed by atoms with van der Waals surface area (Å²) in [6.07, 6.45) is 0. The predicted octanol–water partition coefficient (Wildman–Crippen LogP) is 4.45. The molecule has 1 N–H and O–H groups in total. The van der Waals surface area contributed by atoms with Crippen LogP contribution in [0.2, 0.25) is 0 Å². The number of nitro groups is 1. The first-order valence-electron chi connectivity index (χ1n) is 7.83. The minimum Gasteiger partial charge on any atom is -0.375 e. The SMILES string of the molecule is CC(C)N(C)C(=O)c1ccc(CNc2ccc(Br)cc2[N+](=O)[O-])cc1. The number of hydrogen-bond acceptors (Lipinski definition) is 4. The summed E-state index contributed by atoms with van der Waals surface area (Å²) >= 11 is 3.24. The first-order chi connectivity index (χ1) is 11.8. The number of rotatable bonds is 6. The molecule has 0 heterocycles. The maximum absolute atomic E-state index is 12.3. The Hall–Kier alpha value is -2.41. The lowest BCUT2D eigenvalue weighted by molar-refractivity contribution is -0.384. The van der Waals surface area contributed by atoms with E-state index in [0.29, 0.717) is 22.3 Å². The van der Waals surface area contributed by atoms with Gasteiger partial charge in [-0.25, -0.2) is 0 Å². The van der Waals surface area contributed by atoms with Crippen LogP contribution in [0.3, 0.4) is 0 Å². The Balaban J connectivity index is 2.08. The first kappa shape index (κ1) is 18.9. The van der Waals surface area contributed by atoms with Crippen LogP contribution in [-0.4, -0.2) is 28.8 Å². The highest BCUT2D eigenvalue weighted by atomic mass is 79.9. The molecule has 2 aromatic carbocycles. The number of nitro benzene ring substituents is 1. The second kappa shape index (κ2) is 8.11. The second-order valence-corrected chi connectivity index (χ2v) is 6.89. The fraction of sp³-hybridized carbons (Fsp3) is 0.278. The van der Waals surface area contributed by atoms with Gasteiger partial charge >= 0.3 is 0 Å². The average molecular weight is 406 g/mol. The molecule has 0 fully saturated rings. The molecule has 6 nitrogen and oxygen atoms in total. The minimum absolute atomic E-state index is 0.0136. The van der Waals surface area contributed by atoms with Gasteiger partial charge in [0.2, 0.25) is 0 Å². The fourth-order valence-electron chi connectivity index (χ4n) is 2.21. The summed E-state index contributed by atoms with van der Waals surface area (Å²) in [4.78, 5) is 24.6. The van der Waals surface area contributed by atoms with Crippen molar-refractivity contribution in [3.63, 3.8) is 0 Å². The molecule has 132 valence electrons. The van der Waals surface area contributed by atoms with E-state index in [2.05, 4.69) is 21.2 Å². The molecule has 0 aliphatic carbocycles. The zero-order chi connectivity index (χ0) is 18.6. The second-order valence-electron chi connectivity index (χ2n) is 5.98. The molecule has 0 radical (unpaired) electrons. The van der Waals surface area contributed by atoms with Crippen LogP contribution >= 0.6 is 15.9 Å². The normalized spacial score (nSPS) is 10.6. The first-order valence-corrected chi connectivity index (χ1v) is 8.63. The smallest absolute Gasteiger partial charge is 0.293 e. The summed E-state index contributed by atoms with van der Waals surface area (Å²) in [5, 5.41) is 14.2. The highest BCUT2D eigenvalue weighted by Crippen LogP contribution is 2.28. The molecule has 0 aromatic heterocycles. The zero-order valence-electron chi connectivity index (χ0n) is 14.3. The summed E-state index contributed by atoms with van der Waals surface area (Å²) in [5.41, 5.74) is 2.02. The number of amides is 1. The van der Waals surface area contributed by atoms with Crippen molar-refractivity contribution in [1.82, 2.24) is 4.90 Å². The molecule has 7 heteroatoms. The van der Waals surface area contributed by atoms with Crippen LogP contribution in [0, 0.1) is 10.1 Å². The van der Waals surface area contributed by atoms with Gasteiger partial charge < -0.3 is 10.2 Å². The van der Waals surface area contributed by atoms with E-state index in [1.165, 1.54) is 6.07 Å². The van der Waals surface area contributed by atoms with Gasteiger partial charge in [0.15, 0.2) is 0 Å². The van der Waals surface area contributed by atoms with Gasteiger partial charge in [-0.05, 0) is 43.7 Å². The van der Waals surface area contributed by atoms with Crippen molar-refractivity contribution in [2.24, 2.45) is 0 Å². The van der Waals surface area contributed by atoms with E-state index >= 15 is 0 Å².